The van der Waals surface area contributed by atoms with Gasteiger partial charge in [-0.3, -0.25) is 0 Å². The zero-order valence-electron chi connectivity index (χ0n) is 9.87. The highest BCUT2D eigenvalue weighted by atomic mass is 16.5. The van der Waals surface area contributed by atoms with Crippen molar-refractivity contribution in [2.24, 2.45) is 0 Å². The largest absolute Gasteiger partial charge is 0.497 e. The van der Waals surface area contributed by atoms with Crippen LogP contribution in [0.2, 0.25) is 0 Å². The van der Waals surface area contributed by atoms with Gasteiger partial charge in [-0.1, -0.05) is 0 Å². The summed E-state index contributed by atoms with van der Waals surface area (Å²) in [6.07, 6.45) is 5.41. The van der Waals surface area contributed by atoms with Crippen molar-refractivity contribution in [2.45, 2.75) is 0 Å². The number of ether oxygens (including phenoxy) is 1. The summed E-state index contributed by atoms with van der Waals surface area (Å²) < 4.78 is 6.99. The molecule has 2 aromatic heterocycles. The lowest BCUT2D eigenvalue weighted by molar-refractivity contribution is 0.415. The molecule has 0 fully saturated rings. The summed E-state index contributed by atoms with van der Waals surface area (Å²) in [4.78, 5) is 8.49. The predicted molar refractivity (Wildman–Crippen MR) is 69.4 cm³/mol. The van der Waals surface area contributed by atoms with E-state index in [2.05, 4.69) is 9.97 Å². The van der Waals surface area contributed by atoms with Gasteiger partial charge in [0.25, 0.3) is 0 Å². The van der Waals surface area contributed by atoms with E-state index in [1.54, 1.807) is 13.3 Å². The Morgan fingerprint density at radius 2 is 2.00 bits per heavy atom. The Kier molecular flexibility index (Phi) is 2.37. The van der Waals surface area contributed by atoms with Gasteiger partial charge in [-0.25, -0.2) is 9.97 Å². The maximum atomic E-state index is 5.78. The second-order valence-electron chi connectivity index (χ2n) is 3.90. The molecule has 0 aliphatic carbocycles. The van der Waals surface area contributed by atoms with Gasteiger partial charge >= 0.3 is 0 Å². The molecular formula is C13H12N4O. The molecule has 0 bridgehead atoms. The molecule has 5 nitrogen and oxygen atoms in total. The smallest absolute Gasteiger partial charge is 0.180 e. The van der Waals surface area contributed by atoms with E-state index in [9.17, 15) is 0 Å². The van der Waals surface area contributed by atoms with E-state index in [1.807, 2.05) is 41.1 Å². The van der Waals surface area contributed by atoms with Crippen molar-refractivity contribution in [1.29, 1.82) is 0 Å². The van der Waals surface area contributed by atoms with Gasteiger partial charge in [0.2, 0.25) is 0 Å². The van der Waals surface area contributed by atoms with Crippen molar-refractivity contribution in [2.75, 3.05) is 12.8 Å². The second-order valence-corrected chi connectivity index (χ2v) is 3.90. The van der Waals surface area contributed by atoms with Gasteiger partial charge in [0, 0.05) is 24.2 Å². The highest BCUT2D eigenvalue weighted by Crippen LogP contribution is 2.23. The number of rotatable bonds is 2. The van der Waals surface area contributed by atoms with E-state index in [1.165, 1.54) is 0 Å². The number of nitrogen functional groups attached to an aromatic ring is 1. The minimum atomic E-state index is 0.428. The average molecular weight is 240 g/mol. The Balaban J connectivity index is 2.10. The Morgan fingerprint density at radius 1 is 1.22 bits per heavy atom. The summed E-state index contributed by atoms with van der Waals surface area (Å²) in [5.74, 6) is 1.25. The molecule has 90 valence electrons. The van der Waals surface area contributed by atoms with E-state index in [0.29, 0.717) is 11.5 Å². The van der Waals surface area contributed by atoms with Crippen molar-refractivity contribution in [3.63, 3.8) is 0 Å². The number of hydrogen-bond donors (Lipinski definition) is 1. The number of hydrogen-bond acceptors (Lipinski definition) is 4. The topological polar surface area (TPSA) is 65.4 Å². The molecule has 0 saturated heterocycles. The fourth-order valence-corrected chi connectivity index (χ4v) is 1.84. The number of fused-ring (bicyclic) bond motifs is 1. The van der Waals surface area contributed by atoms with Crippen molar-refractivity contribution in [3.8, 4) is 17.0 Å². The third-order valence-corrected chi connectivity index (χ3v) is 2.79. The first kappa shape index (κ1) is 10.6. The van der Waals surface area contributed by atoms with Crippen LogP contribution in [0, 0.1) is 0 Å². The predicted octanol–water partition coefficient (Wildman–Crippen LogP) is 1.99. The first-order valence-electron chi connectivity index (χ1n) is 5.51. The van der Waals surface area contributed by atoms with Crippen molar-refractivity contribution in [3.05, 3.63) is 42.9 Å². The summed E-state index contributed by atoms with van der Waals surface area (Å²) in [5, 5.41) is 0. The zero-order chi connectivity index (χ0) is 12.5. The monoisotopic (exact) mass is 240 g/mol. The third-order valence-electron chi connectivity index (χ3n) is 2.79. The molecule has 3 aromatic rings. The first-order valence-corrected chi connectivity index (χ1v) is 5.51. The van der Waals surface area contributed by atoms with Crippen LogP contribution in [0.3, 0.4) is 0 Å². The van der Waals surface area contributed by atoms with Crippen LogP contribution in [0.5, 0.6) is 5.75 Å². The molecule has 0 atom stereocenters. The van der Waals surface area contributed by atoms with Crippen LogP contribution in [0.25, 0.3) is 16.9 Å². The van der Waals surface area contributed by atoms with Crippen LogP contribution < -0.4 is 10.5 Å². The molecule has 0 aliphatic heterocycles. The summed E-state index contributed by atoms with van der Waals surface area (Å²) in [6.45, 7) is 0. The number of nitrogens with zero attached hydrogens (tertiary/aromatic N) is 3. The van der Waals surface area contributed by atoms with E-state index < -0.39 is 0 Å². The maximum absolute atomic E-state index is 5.78. The number of anilines is 1. The van der Waals surface area contributed by atoms with E-state index in [0.717, 1.165) is 17.0 Å². The van der Waals surface area contributed by atoms with Gasteiger partial charge in [-0.15, -0.1) is 0 Å². The van der Waals surface area contributed by atoms with Crippen LogP contribution in [-0.4, -0.2) is 21.5 Å². The summed E-state index contributed by atoms with van der Waals surface area (Å²) in [6, 6.07) is 7.73. The van der Waals surface area contributed by atoms with Gasteiger partial charge in [0.1, 0.15) is 5.75 Å². The Hall–Kier alpha value is -2.56. The average Bonchev–Trinajstić information content (AvgIpc) is 2.84. The van der Waals surface area contributed by atoms with E-state index in [-0.39, 0.29) is 0 Å². The highest BCUT2D eigenvalue weighted by molar-refractivity contribution is 5.68. The quantitative estimate of drug-likeness (QED) is 0.744. The van der Waals surface area contributed by atoms with Crippen LogP contribution in [0.4, 0.5) is 5.82 Å². The molecular weight excluding hydrogens is 228 g/mol. The minimum Gasteiger partial charge on any atom is -0.497 e. The molecule has 0 spiro atoms. The summed E-state index contributed by atoms with van der Waals surface area (Å²) >= 11 is 0. The molecule has 2 N–H and O–H groups in total. The van der Waals surface area contributed by atoms with Gasteiger partial charge in [-0.2, -0.15) is 0 Å². The Labute approximate surface area is 104 Å². The van der Waals surface area contributed by atoms with Crippen LogP contribution in [0.15, 0.2) is 42.9 Å². The molecule has 0 amide bonds. The summed E-state index contributed by atoms with van der Waals surface area (Å²) in [5.41, 5.74) is 8.32. The zero-order valence-corrected chi connectivity index (χ0v) is 9.87. The maximum Gasteiger partial charge on any atom is 0.180 e. The highest BCUT2D eigenvalue weighted by Gasteiger charge is 2.06. The fraction of sp³-hybridized carbons (Fsp3) is 0.0769. The SMILES string of the molecule is COc1ccc(-c2cn3ccnc(N)c3n2)cc1. The number of benzene rings is 1. The van der Waals surface area contributed by atoms with Gasteiger partial charge in [0.15, 0.2) is 11.5 Å². The third kappa shape index (κ3) is 1.66. The molecule has 5 heteroatoms. The van der Waals surface area contributed by atoms with Crippen LogP contribution in [0.1, 0.15) is 0 Å². The molecule has 18 heavy (non-hydrogen) atoms. The molecule has 0 saturated carbocycles. The first-order chi connectivity index (χ1) is 8.78. The fourth-order valence-electron chi connectivity index (χ4n) is 1.84. The van der Waals surface area contributed by atoms with Gasteiger partial charge in [0.05, 0.1) is 12.8 Å². The molecule has 0 aliphatic rings. The second kappa shape index (κ2) is 4.03. The number of imidazole rings is 1. The number of nitrogens with two attached hydrogens (primary N) is 1. The lowest BCUT2D eigenvalue weighted by Crippen LogP contribution is -1.94. The van der Waals surface area contributed by atoms with Crippen molar-refractivity contribution >= 4 is 11.5 Å². The molecule has 3 rings (SSSR count). The lowest BCUT2D eigenvalue weighted by atomic mass is 10.2. The minimum absolute atomic E-state index is 0.428. The molecule has 1 aromatic carbocycles. The lowest BCUT2D eigenvalue weighted by Gasteiger charge is -1.99. The van der Waals surface area contributed by atoms with E-state index >= 15 is 0 Å². The number of aromatic nitrogens is 3. The molecule has 0 radical (unpaired) electrons. The normalized spacial score (nSPS) is 10.7. The van der Waals surface area contributed by atoms with Gasteiger partial charge in [-0.05, 0) is 24.3 Å². The van der Waals surface area contributed by atoms with Crippen molar-refractivity contribution < 1.29 is 4.74 Å². The Bertz CT molecular complexity index is 688. The number of methoxy groups -OCH3 is 1. The molecule has 2 heterocycles. The van der Waals surface area contributed by atoms with Crippen LogP contribution >= 0.6 is 0 Å². The van der Waals surface area contributed by atoms with Crippen LogP contribution in [-0.2, 0) is 0 Å². The van der Waals surface area contributed by atoms with Crippen molar-refractivity contribution in [1.82, 2.24) is 14.4 Å². The molecule has 0 unspecified atom stereocenters. The van der Waals surface area contributed by atoms with Gasteiger partial charge < -0.3 is 14.9 Å². The Morgan fingerprint density at radius 3 is 2.67 bits per heavy atom. The standard InChI is InChI=1S/C13H12N4O/c1-18-10-4-2-9(3-5-10)11-8-17-7-6-15-12(14)13(17)16-11/h2-8H,1H3,(H2,14,15). The van der Waals surface area contributed by atoms with E-state index in [4.69, 9.17) is 10.5 Å². The summed E-state index contributed by atoms with van der Waals surface area (Å²) in [7, 11) is 1.65.